The van der Waals surface area contributed by atoms with Gasteiger partial charge in [0.2, 0.25) is 0 Å². The minimum atomic E-state index is -3.86. The number of carbonyl (C=O) groups is 1. The molecule has 0 fully saturated rings. The minimum absolute atomic E-state index is 0.0156. The highest BCUT2D eigenvalue weighted by atomic mass is 32.2. The molecule has 0 spiro atoms. The Morgan fingerprint density at radius 3 is 2.72 bits per heavy atom. The predicted molar refractivity (Wildman–Crippen MR) is 94.2 cm³/mol. The van der Waals surface area contributed by atoms with Crippen molar-refractivity contribution in [3.8, 4) is 5.75 Å². The van der Waals surface area contributed by atoms with E-state index in [1.54, 1.807) is 25.1 Å². The van der Waals surface area contributed by atoms with Gasteiger partial charge in [-0.05, 0) is 42.8 Å². The van der Waals surface area contributed by atoms with Crippen molar-refractivity contribution >= 4 is 27.4 Å². The summed E-state index contributed by atoms with van der Waals surface area (Å²) in [5, 5.41) is 9.08. The fraction of sp³-hybridized carbons (Fsp3) is 0.235. The van der Waals surface area contributed by atoms with E-state index in [-0.39, 0.29) is 16.1 Å². The number of sulfonamides is 1. The van der Waals surface area contributed by atoms with Gasteiger partial charge in [-0.2, -0.15) is 0 Å². The van der Waals surface area contributed by atoms with Crippen molar-refractivity contribution in [1.29, 1.82) is 0 Å². The van der Waals surface area contributed by atoms with Crippen LogP contribution in [0.4, 0.5) is 11.4 Å². The van der Waals surface area contributed by atoms with Crippen molar-refractivity contribution < 1.29 is 23.1 Å². The Morgan fingerprint density at radius 1 is 1.24 bits per heavy atom. The molecule has 0 bridgehead atoms. The molecule has 1 heterocycles. The molecule has 1 aliphatic rings. The summed E-state index contributed by atoms with van der Waals surface area (Å²) >= 11 is 0. The maximum Gasteiger partial charge on any atom is 0.335 e. The number of aromatic carboxylic acids is 1. The van der Waals surface area contributed by atoms with Gasteiger partial charge in [0.05, 0.1) is 28.4 Å². The minimum Gasteiger partial charge on any atom is -0.490 e. The van der Waals surface area contributed by atoms with Crippen molar-refractivity contribution in [3.05, 3.63) is 47.5 Å². The van der Waals surface area contributed by atoms with Crippen LogP contribution in [0, 0.1) is 6.92 Å². The number of rotatable bonds is 4. The van der Waals surface area contributed by atoms with Crippen LogP contribution >= 0.6 is 0 Å². The second-order valence-corrected chi connectivity index (χ2v) is 7.52. The summed E-state index contributed by atoms with van der Waals surface area (Å²) in [5.74, 6) is -0.482. The average Bonchev–Trinajstić information content (AvgIpc) is 2.56. The van der Waals surface area contributed by atoms with E-state index < -0.39 is 16.0 Å². The standard InChI is InChI=1S/C17H18N2O5S/c1-11-3-4-12(17(20)21)9-14(11)18-25(22,23)13-5-6-16-15(10-13)19(2)7-8-24-16/h3-6,9-10,18H,7-8H2,1-2H3,(H,20,21). The van der Waals surface area contributed by atoms with Crippen LogP contribution in [0.1, 0.15) is 15.9 Å². The van der Waals surface area contributed by atoms with Crippen LogP contribution in [-0.4, -0.2) is 39.7 Å². The largest absolute Gasteiger partial charge is 0.490 e. The molecule has 25 heavy (non-hydrogen) atoms. The van der Waals surface area contributed by atoms with E-state index in [9.17, 15) is 13.2 Å². The molecule has 2 N–H and O–H groups in total. The van der Waals surface area contributed by atoms with E-state index in [4.69, 9.17) is 9.84 Å². The van der Waals surface area contributed by atoms with E-state index in [1.165, 1.54) is 18.2 Å². The summed E-state index contributed by atoms with van der Waals surface area (Å²) in [6.07, 6.45) is 0. The third-order valence-corrected chi connectivity index (χ3v) is 5.43. The van der Waals surface area contributed by atoms with Gasteiger partial charge in [0.1, 0.15) is 12.4 Å². The number of carboxylic acids is 1. The molecule has 2 aromatic rings. The number of likely N-dealkylation sites (N-methyl/N-ethyl adjacent to an activating group) is 1. The lowest BCUT2D eigenvalue weighted by molar-refractivity contribution is 0.0697. The molecular weight excluding hydrogens is 344 g/mol. The number of nitrogens with one attached hydrogen (secondary N) is 1. The number of hydrogen-bond acceptors (Lipinski definition) is 5. The Balaban J connectivity index is 1.97. The topological polar surface area (TPSA) is 95.9 Å². The first-order valence-corrected chi connectivity index (χ1v) is 9.11. The first-order valence-electron chi connectivity index (χ1n) is 7.63. The van der Waals surface area contributed by atoms with Gasteiger partial charge >= 0.3 is 5.97 Å². The van der Waals surface area contributed by atoms with Crippen molar-refractivity contribution in [2.24, 2.45) is 0 Å². The molecule has 0 unspecified atom stereocenters. The van der Waals surface area contributed by atoms with Gasteiger partial charge in [-0.15, -0.1) is 0 Å². The zero-order valence-electron chi connectivity index (χ0n) is 13.8. The number of fused-ring (bicyclic) bond motifs is 1. The highest BCUT2D eigenvalue weighted by Crippen LogP contribution is 2.33. The Labute approximate surface area is 145 Å². The molecule has 132 valence electrons. The van der Waals surface area contributed by atoms with E-state index in [0.717, 1.165) is 0 Å². The molecular formula is C17H18N2O5S. The number of nitrogens with zero attached hydrogens (tertiary/aromatic N) is 1. The number of aryl methyl sites for hydroxylation is 1. The average molecular weight is 362 g/mol. The fourth-order valence-corrected chi connectivity index (χ4v) is 3.71. The molecule has 0 saturated heterocycles. The lowest BCUT2D eigenvalue weighted by atomic mass is 10.1. The zero-order valence-corrected chi connectivity index (χ0v) is 14.6. The van der Waals surface area contributed by atoms with Gasteiger partial charge in [-0.3, -0.25) is 4.72 Å². The smallest absolute Gasteiger partial charge is 0.335 e. The second-order valence-electron chi connectivity index (χ2n) is 5.84. The molecule has 0 atom stereocenters. The molecule has 0 radical (unpaired) electrons. The molecule has 0 aromatic heterocycles. The zero-order chi connectivity index (χ0) is 18.2. The number of anilines is 2. The lowest BCUT2D eigenvalue weighted by Crippen LogP contribution is -2.29. The van der Waals surface area contributed by atoms with Crippen LogP contribution in [0.3, 0.4) is 0 Å². The van der Waals surface area contributed by atoms with Gasteiger partial charge in [-0.1, -0.05) is 6.07 Å². The van der Waals surface area contributed by atoms with Crippen LogP contribution < -0.4 is 14.4 Å². The Bertz CT molecular complexity index is 940. The van der Waals surface area contributed by atoms with Gasteiger partial charge in [0.25, 0.3) is 10.0 Å². The third kappa shape index (κ3) is 3.39. The van der Waals surface area contributed by atoms with Crippen molar-refractivity contribution in [1.82, 2.24) is 0 Å². The lowest BCUT2D eigenvalue weighted by Gasteiger charge is -2.28. The van der Waals surface area contributed by atoms with Gasteiger partial charge in [0.15, 0.2) is 0 Å². The molecule has 3 rings (SSSR count). The molecule has 8 heteroatoms. The van der Waals surface area contributed by atoms with Crippen molar-refractivity contribution in [2.75, 3.05) is 29.8 Å². The molecule has 0 aliphatic carbocycles. The third-order valence-electron chi connectivity index (χ3n) is 4.07. The normalized spacial score (nSPS) is 13.8. The Morgan fingerprint density at radius 2 is 2.00 bits per heavy atom. The van der Waals surface area contributed by atoms with Crippen molar-refractivity contribution in [3.63, 3.8) is 0 Å². The van der Waals surface area contributed by atoms with Crippen LogP contribution in [0.15, 0.2) is 41.3 Å². The Kier molecular flexibility index (Phi) is 4.30. The first kappa shape index (κ1) is 17.1. The number of carboxylic acid groups (broad SMARTS) is 1. The van der Waals surface area contributed by atoms with E-state index >= 15 is 0 Å². The number of hydrogen-bond donors (Lipinski definition) is 2. The maximum absolute atomic E-state index is 12.7. The monoisotopic (exact) mass is 362 g/mol. The van der Waals surface area contributed by atoms with E-state index in [1.807, 2.05) is 11.9 Å². The summed E-state index contributed by atoms with van der Waals surface area (Å²) in [7, 11) is -1.99. The summed E-state index contributed by atoms with van der Waals surface area (Å²) in [6, 6.07) is 8.95. The SMILES string of the molecule is Cc1ccc(C(=O)O)cc1NS(=O)(=O)c1ccc2c(c1)N(C)CCO2. The summed E-state index contributed by atoms with van der Waals surface area (Å²) in [6.45, 7) is 2.93. The molecule has 7 nitrogen and oxygen atoms in total. The van der Waals surface area contributed by atoms with Crippen molar-refractivity contribution in [2.45, 2.75) is 11.8 Å². The van der Waals surface area contributed by atoms with Gasteiger partial charge < -0.3 is 14.7 Å². The highest BCUT2D eigenvalue weighted by Gasteiger charge is 2.21. The number of ether oxygens (including phenoxy) is 1. The fourth-order valence-electron chi connectivity index (χ4n) is 2.57. The number of benzene rings is 2. The predicted octanol–water partition coefficient (Wildman–Crippen LogP) is 2.32. The van der Waals surface area contributed by atoms with E-state index in [2.05, 4.69) is 4.72 Å². The van der Waals surface area contributed by atoms with Crippen LogP contribution in [0.2, 0.25) is 0 Å². The summed E-state index contributed by atoms with van der Waals surface area (Å²) in [5.41, 5.74) is 1.58. The quantitative estimate of drug-likeness (QED) is 0.867. The van der Waals surface area contributed by atoms with Gasteiger partial charge in [-0.25, -0.2) is 13.2 Å². The second kappa shape index (κ2) is 6.29. The van der Waals surface area contributed by atoms with Crippen LogP contribution in [-0.2, 0) is 10.0 Å². The molecule has 1 aliphatic heterocycles. The van der Waals surface area contributed by atoms with Crippen LogP contribution in [0.25, 0.3) is 0 Å². The molecule has 2 aromatic carbocycles. The maximum atomic E-state index is 12.7. The summed E-state index contributed by atoms with van der Waals surface area (Å²) < 4.78 is 33.4. The van der Waals surface area contributed by atoms with Gasteiger partial charge in [0, 0.05) is 7.05 Å². The van der Waals surface area contributed by atoms with E-state index in [0.29, 0.717) is 30.2 Å². The Hall–Kier alpha value is -2.74. The van der Waals surface area contributed by atoms with Crippen LogP contribution in [0.5, 0.6) is 5.75 Å². The molecule has 0 saturated carbocycles. The summed E-state index contributed by atoms with van der Waals surface area (Å²) in [4.78, 5) is 13.1. The molecule has 0 amide bonds. The highest BCUT2D eigenvalue weighted by molar-refractivity contribution is 7.92. The first-order chi connectivity index (χ1) is 11.8.